The number of hydrogen-bond donors (Lipinski definition) is 0. The molecule has 0 amide bonds. The SMILES string of the molecule is COc1ccc2nc(Cc3cc(CCl)co3)sc2c1. The van der Waals surface area contributed by atoms with E-state index in [1.54, 1.807) is 24.7 Å². The lowest BCUT2D eigenvalue weighted by Gasteiger charge is -1.96. The highest BCUT2D eigenvalue weighted by Gasteiger charge is 2.08. The standard InChI is InChI=1S/C14H12ClNO2S/c1-17-10-2-3-12-13(5-10)19-14(16-12)6-11-4-9(7-15)8-18-11/h2-5,8H,6-7H2,1H3. The number of ether oxygens (including phenoxy) is 1. The number of methoxy groups -OCH3 is 1. The van der Waals surface area contributed by atoms with Gasteiger partial charge in [0.2, 0.25) is 0 Å². The van der Waals surface area contributed by atoms with Crippen molar-refractivity contribution in [1.82, 2.24) is 4.98 Å². The van der Waals surface area contributed by atoms with Crippen LogP contribution in [-0.2, 0) is 12.3 Å². The molecule has 1 aromatic carbocycles. The molecule has 0 spiro atoms. The maximum absolute atomic E-state index is 5.75. The molecule has 3 rings (SSSR count). The summed E-state index contributed by atoms with van der Waals surface area (Å²) < 4.78 is 11.8. The van der Waals surface area contributed by atoms with Gasteiger partial charge >= 0.3 is 0 Å². The number of halogens is 1. The number of alkyl halides is 1. The Hall–Kier alpha value is -1.52. The summed E-state index contributed by atoms with van der Waals surface area (Å²) in [6, 6.07) is 7.87. The third kappa shape index (κ3) is 2.60. The highest BCUT2D eigenvalue weighted by molar-refractivity contribution is 7.18. The monoisotopic (exact) mass is 293 g/mol. The summed E-state index contributed by atoms with van der Waals surface area (Å²) in [5.74, 6) is 2.22. The summed E-state index contributed by atoms with van der Waals surface area (Å²) in [6.45, 7) is 0. The molecule has 3 aromatic rings. The smallest absolute Gasteiger partial charge is 0.120 e. The van der Waals surface area contributed by atoms with Crippen LogP contribution in [0.2, 0.25) is 0 Å². The molecule has 0 unspecified atom stereocenters. The topological polar surface area (TPSA) is 35.3 Å². The number of benzene rings is 1. The summed E-state index contributed by atoms with van der Waals surface area (Å²) >= 11 is 7.41. The molecule has 0 N–H and O–H groups in total. The molecule has 0 fully saturated rings. The van der Waals surface area contributed by atoms with Crippen LogP contribution in [0.1, 0.15) is 16.3 Å². The summed E-state index contributed by atoms with van der Waals surface area (Å²) in [4.78, 5) is 4.59. The zero-order valence-electron chi connectivity index (χ0n) is 10.4. The van der Waals surface area contributed by atoms with Gasteiger partial charge in [-0.05, 0) is 24.3 Å². The first kappa shape index (κ1) is 12.5. The van der Waals surface area contributed by atoms with Crippen LogP contribution in [0.5, 0.6) is 5.75 Å². The number of aromatic nitrogens is 1. The molecule has 3 nitrogen and oxygen atoms in total. The van der Waals surface area contributed by atoms with Gasteiger partial charge in [0.05, 0.1) is 35.9 Å². The first-order chi connectivity index (χ1) is 9.28. The number of fused-ring (bicyclic) bond motifs is 1. The lowest BCUT2D eigenvalue weighted by molar-refractivity contribution is 0.415. The Morgan fingerprint density at radius 1 is 1.37 bits per heavy atom. The second-order valence-corrected chi connectivity index (χ2v) is 5.56. The van der Waals surface area contributed by atoms with Crippen LogP contribution in [0.3, 0.4) is 0 Å². The highest BCUT2D eigenvalue weighted by atomic mass is 35.5. The second kappa shape index (κ2) is 5.23. The van der Waals surface area contributed by atoms with E-state index in [1.807, 2.05) is 24.3 Å². The van der Waals surface area contributed by atoms with Crippen molar-refractivity contribution >= 4 is 33.2 Å². The molecule has 0 aliphatic rings. The van der Waals surface area contributed by atoms with E-state index in [0.29, 0.717) is 12.3 Å². The van der Waals surface area contributed by atoms with E-state index in [-0.39, 0.29) is 0 Å². The Kier molecular flexibility index (Phi) is 3.44. The first-order valence-corrected chi connectivity index (χ1v) is 7.19. The average molecular weight is 294 g/mol. The average Bonchev–Trinajstić information content (AvgIpc) is 3.03. The first-order valence-electron chi connectivity index (χ1n) is 5.84. The molecule has 98 valence electrons. The molecule has 5 heteroatoms. The fraction of sp³-hybridized carbons (Fsp3) is 0.214. The largest absolute Gasteiger partial charge is 0.497 e. The van der Waals surface area contributed by atoms with Crippen LogP contribution in [0.25, 0.3) is 10.2 Å². The molecule has 19 heavy (non-hydrogen) atoms. The minimum Gasteiger partial charge on any atom is -0.497 e. The lowest BCUT2D eigenvalue weighted by Crippen LogP contribution is -1.83. The van der Waals surface area contributed by atoms with Crippen LogP contribution in [0, 0.1) is 0 Å². The minimum atomic E-state index is 0.473. The van der Waals surface area contributed by atoms with Crippen LogP contribution in [0.4, 0.5) is 0 Å². The van der Waals surface area contributed by atoms with Gasteiger partial charge in [-0.25, -0.2) is 4.98 Å². The summed E-state index contributed by atoms with van der Waals surface area (Å²) in [6.07, 6.45) is 2.39. The van der Waals surface area contributed by atoms with Gasteiger partial charge < -0.3 is 9.15 Å². The molecule has 0 saturated heterocycles. The van der Waals surface area contributed by atoms with Crippen LogP contribution in [-0.4, -0.2) is 12.1 Å². The van der Waals surface area contributed by atoms with E-state index in [0.717, 1.165) is 32.3 Å². The quantitative estimate of drug-likeness (QED) is 0.675. The van der Waals surface area contributed by atoms with Crippen molar-refractivity contribution in [3.05, 3.63) is 46.9 Å². The maximum atomic E-state index is 5.75. The van der Waals surface area contributed by atoms with E-state index in [2.05, 4.69) is 4.98 Å². The number of thiazole rings is 1. The van der Waals surface area contributed by atoms with Gasteiger partial charge in [0.25, 0.3) is 0 Å². The van der Waals surface area contributed by atoms with Crippen molar-refractivity contribution in [2.75, 3.05) is 7.11 Å². The van der Waals surface area contributed by atoms with Gasteiger partial charge in [0.1, 0.15) is 16.5 Å². The predicted molar refractivity (Wildman–Crippen MR) is 77.2 cm³/mol. The molecule has 0 radical (unpaired) electrons. The summed E-state index contributed by atoms with van der Waals surface area (Å²) in [5.41, 5.74) is 1.99. The Bertz CT molecular complexity index is 704. The number of rotatable bonds is 4. The van der Waals surface area contributed by atoms with Gasteiger partial charge in [-0.15, -0.1) is 22.9 Å². The number of nitrogens with zero attached hydrogens (tertiary/aromatic N) is 1. The number of hydrogen-bond acceptors (Lipinski definition) is 4. The Labute approximate surface area is 119 Å². The molecule has 0 aliphatic heterocycles. The molecule has 0 aliphatic carbocycles. The Morgan fingerprint density at radius 3 is 3.00 bits per heavy atom. The zero-order valence-corrected chi connectivity index (χ0v) is 11.9. The van der Waals surface area contributed by atoms with Crippen LogP contribution in [0.15, 0.2) is 34.9 Å². The van der Waals surface area contributed by atoms with Crippen molar-refractivity contribution < 1.29 is 9.15 Å². The van der Waals surface area contributed by atoms with E-state index >= 15 is 0 Å². The van der Waals surface area contributed by atoms with Crippen molar-refractivity contribution in [2.45, 2.75) is 12.3 Å². The highest BCUT2D eigenvalue weighted by Crippen LogP contribution is 2.28. The molecule has 0 atom stereocenters. The van der Waals surface area contributed by atoms with Crippen molar-refractivity contribution in [1.29, 1.82) is 0 Å². The maximum Gasteiger partial charge on any atom is 0.120 e. The third-order valence-corrected chi connectivity index (χ3v) is 4.15. The summed E-state index contributed by atoms with van der Waals surface area (Å²) in [5, 5.41) is 1.03. The van der Waals surface area contributed by atoms with E-state index < -0.39 is 0 Å². The lowest BCUT2D eigenvalue weighted by atomic mass is 10.3. The fourth-order valence-electron chi connectivity index (χ4n) is 1.89. The van der Waals surface area contributed by atoms with Gasteiger partial charge in [-0.1, -0.05) is 0 Å². The van der Waals surface area contributed by atoms with Gasteiger partial charge in [0, 0.05) is 5.56 Å². The van der Waals surface area contributed by atoms with Crippen molar-refractivity contribution in [2.24, 2.45) is 0 Å². The predicted octanol–water partition coefficient (Wildman–Crippen LogP) is 4.23. The third-order valence-electron chi connectivity index (χ3n) is 2.83. The molecular formula is C14H12ClNO2S. The van der Waals surface area contributed by atoms with E-state index in [1.165, 1.54) is 0 Å². The fourth-order valence-corrected chi connectivity index (χ4v) is 3.04. The van der Waals surface area contributed by atoms with Crippen molar-refractivity contribution in [3.8, 4) is 5.75 Å². The Balaban J connectivity index is 1.88. The van der Waals surface area contributed by atoms with Gasteiger partial charge in [-0.3, -0.25) is 0 Å². The van der Waals surface area contributed by atoms with Gasteiger partial charge in [-0.2, -0.15) is 0 Å². The number of furan rings is 1. The van der Waals surface area contributed by atoms with E-state index in [9.17, 15) is 0 Å². The minimum absolute atomic E-state index is 0.473. The van der Waals surface area contributed by atoms with Crippen LogP contribution >= 0.6 is 22.9 Å². The molecular weight excluding hydrogens is 282 g/mol. The summed E-state index contributed by atoms with van der Waals surface area (Å²) in [7, 11) is 1.67. The van der Waals surface area contributed by atoms with Gasteiger partial charge in [0.15, 0.2) is 0 Å². The van der Waals surface area contributed by atoms with Crippen molar-refractivity contribution in [3.63, 3.8) is 0 Å². The zero-order chi connectivity index (χ0) is 13.2. The van der Waals surface area contributed by atoms with E-state index in [4.69, 9.17) is 20.8 Å². The normalized spacial score (nSPS) is 11.1. The molecule has 0 bridgehead atoms. The molecule has 2 aromatic heterocycles. The second-order valence-electron chi connectivity index (χ2n) is 4.17. The Morgan fingerprint density at radius 2 is 2.26 bits per heavy atom. The molecule has 0 saturated carbocycles. The van der Waals surface area contributed by atoms with Crippen LogP contribution < -0.4 is 4.74 Å². The molecule has 2 heterocycles.